The predicted octanol–water partition coefficient (Wildman–Crippen LogP) is 4.85. The monoisotopic (exact) mass is 524 g/mol. The fraction of sp³-hybridized carbons (Fsp3) is 0.333. The molecular formula is C27H29ClN4O5. The van der Waals surface area contributed by atoms with Crippen molar-refractivity contribution >= 4 is 35.1 Å². The number of anilines is 2. The molecule has 1 aliphatic rings. The van der Waals surface area contributed by atoms with Crippen LogP contribution in [0.5, 0.6) is 11.5 Å². The van der Waals surface area contributed by atoms with E-state index < -0.39 is 5.97 Å². The second-order valence-corrected chi connectivity index (χ2v) is 9.05. The number of amides is 1. The molecule has 0 bridgehead atoms. The number of aromatic carboxylic acids is 1. The van der Waals surface area contributed by atoms with Crippen molar-refractivity contribution in [1.29, 1.82) is 0 Å². The summed E-state index contributed by atoms with van der Waals surface area (Å²) in [5.74, 6) is 1.17. The Morgan fingerprint density at radius 3 is 2.76 bits per heavy atom. The Labute approximate surface area is 220 Å². The number of halogens is 1. The van der Waals surface area contributed by atoms with Crippen LogP contribution in [0, 0.1) is 0 Å². The number of hydrogen-bond donors (Lipinski definition) is 2. The average Bonchev–Trinajstić information content (AvgIpc) is 2.89. The molecule has 1 fully saturated rings. The molecule has 1 amide bonds. The molecule has 1 aliphatic heterocycles. The summed E-state index contributed by atoms with van der Waals surface area (Å²) in [6, 6.07) is 12.3. The van der Waals surface area contributed by atoms with Crippen molar-refractivity contribution in [3.05, 3.63) is 71.0 Å². The SMILES string of the molecule is CCOc1ccccc1OC1CCCN(c2cncc(NC(=O)CCc3ccc(C(=O)O)c(Cl)c3)n2)C1. The first-order valence-corrected chi connectivity index (χ1v) is 12.6. The number of para-hydroxylation sites is 2. The quantitative estimate of drug-likeness (QED) is 0.387. The number of ether oxygens (including phenoxy) is 2. The van der Waals surface area contributed by atoms with Crippen molar-refractivity contribution < 1.29 is 24.2 Å². The van der Waals surface area contributed by atoms with Gasteiger partial charge in [0.25, 0.3) is 0 Å². The van der Waals surface area contributed by atoms with Crippen molar-refractivity contribution in [1.82, 2.24) is 9.97 Å². The minimum absolute atomic E-state index is 0.0326. The lowest BCUT2D eigenvalue weighted by molar-refractivity contribution is -0.116. The molecule has 0 spiro atoms. The van der Waals surface area contributed by atoms with E-state index in [1.807, 2.05) is 31.2 Å². The number of carboxylic acid groups (broad SMARTS) is 1. The Morgan fingerprint density at radius 2 is 2.00 bits per heavy atom. The molecule has 0 aliphatic carbocycles. The van der Waals surface area contributed by atoms with Crippen LogP contribution in [-0.4, -0.2) is 52.8 Å². The summed E-state index contributed by atoms with van der Waals surface area (Å²) in [5, 5.41) is 12.0. The van der Waals surface area contributed by atoms with Gasteiger partial charge in [0.15, 0.2) is 17.3 Å². The normalized spacial score (nSPS) is 15.2. The lowest BCUT2D eigenvalue weighted by Gasteiger charge is -2.33. The van der Waals surface area contributed by atoms with E-state index in [2.05, 4.69) is 20.2 Å². The summed E-state index contributed by atoms with van der Waals surface area (Å²) in [6.07, 6.45) is 5.60. The van der Waals surface area contributed by atoms with Gasteiger partial charge in [-0.2, -0.15) is 0 Å². The number of aromatic nitrogens is 2. The molecule has 10 heteroatoms. The molecule has 2 aromatic carbocycles. The van der Waals surface area contributed by atoms with Gasteiger partial charge in [-0.15, -0.1) is 0 Å². The predicted molar refractivity (Wildman–Crippen MR) is 141 cm³/mol. The third-order valence-electron chi connectivity index (χ3n) is 5.94. The van der Waals surface area contributed by atoms with Gasteiger partial charge in [-0.05, 0) is 56.0 Å². The summed E-state index contributed by atoms with van der Waals surface area (Å²) >= 11 is 6.02. The number of nitrogens with zero attached hydrogens (tertiary/aromatic N) is 3. The molecule has 1 atom stereocenters. The number of carboxylic acids is 1. The van der Waals surface area contributed by atoms with Gasteiger partial charge in [0.05, 0.1) is 36.1 Å². The van der Waals surface area contributed by atoms with Crippen molar-refractivity contribution in [2.75, 3.05) is 29.9 Å². The molecule has 0 saturated carbocycles. The lowest BCUT2D eigenvalue weighted by atomic mass is 10.1. The van der Waals surface area contributed by atoms with E-state index in [-0.39, 0.29) is 29.0 Å². The lowest BCUT2D eigenvalue weighted by Crippen LogP contribution is -2.41. The third kappa shape index (κ3) is 7.10. The molecular weight excluding hydrogens is 496 g/mol. The summed E-state index contributed by atoms with van der Waals surface area (Å²) in [7, 11) is 0. The third-order valence-corrected chi connectivity index (χ3v) is 6.25. The van der Waals surface area contributed by atoms with Crippen LogP contribution in [0.15, 0.2) is 54.9 Å². The molecule has 1 saturated heterocycles. The first kappa shape index (κ1) is 26.2. The highest BCUT2D eigenvalue weighted by Crippen LogP contribution is 2.30. The van der Waals surface area contributed by atoms with Gasteiger partial charge >= 0.3 is 5.97 Å². The maximum Gasteiger partial charge on any atom is 0.337 e. The number of hydrogen-bond acceptors (Lipinski definition) is 7. The molecule has 1 unspecified atom stereocenters. The number of benzene rings is 2. The van der Waals surface area contributed by atoms with Gasteiger partial charge in [-0.25, -0.2) is 9.78 Å². The highest BCUT2D eigenvalue weighted by Gasteiger charge is 2.24. The Bertz CT molecular complexity index is 1250. The van der Waals surface area contributed by atoms with Crippen LogP contribution in [0.1, 0.15) is 42.1 Å². The first-order chi connectivity index (χ1) is 17.9. The minimum Gasteiger partial charge on any atom is -0.490 e. The maximum absolute atomic E-state index is 12.5. The first-order valence-electron chi connectivity index (χ1n) is 12.2. The van der Waals surface area contributed by atoms with E-state index in [1.165, 1.54) is 12.3 Å². The van der Waals surface area contributed by atoms with E-state index in [0.717, 1.165) is 36.4 Å². The summed E-state index contributed by atoms with van der Waals surface area (Å²) in [4.78, 5) is 34.6. The fourth-order valence-corrected chi connectivity index (χ4v) is 4.45. The smallest absolute Gasteiger partial charge is 0.337 e. The van der Waals surface area contributed by atoms with Crippen molar-refractivity contribution in [3.8, 4) is 11.5 Å². The van der Waals surface area contributed by atoms with Crippen LogP contribution in [0.4, 0.5) is 11.6 Å². The molecule has 3 aromatic rings. The van der Waals surface area contributed by atoms with Crippen LogP contribution in [0.3, 0.4) is 0 Å². The van der Waals surface area contributed by atoms with Crippen molar-refractivity contribution in [3.63, 3.8) is 0 Å². The van der Waals surface area contributed by atoms with Crippen LogP contribution in [0.25, 0.3) is 0 Å². The molecule has 9 nitrogen and oxygen atoms in total. The Morgan fingerprint density at radius 1 is 1.19 bits per heavy atom. The van der Waals surface area contributed by atoms with Crippen molar-refractivity contribution in [2.45, 2.75) is 38.7 Å². The van der Waals surface area contributed by atoms with Gasteiger partial charge in [-0.3, -0.25) is 9.78 Å². The van der Waals surface area contributed by atoms with Gasteiger partial charge in [0.1, 0.15) is 11.9 Å². The highest BCUT2D eigenvalue weighted by molar-refractivity contribution is 6.33. The number of carbonyl (C=O) groups is 2. The van der Waals surface area contributed by atoms with Gasteiger partial charge < -0.3 is 24.8 Å². The maximum atomic E-state index is 12.5. The highest BCUT2D eigenvalue weighted by atomic mass is 35.5. The zero-order chi connectivity index (χ0) is 26.2. The molecule has 4 rings (SSSR count). The van der Waals surface area contributed by atoms with E-state index >= 15 is 0 Å². The number of carbonyl (C=O) groups excluding carboxylic acids is 1. The van der Waals surface area contributed by atoms with Crippen LogP contribution < -0.4 is 19.7 Å². The van der Waals surface area contributed by atoms with Crippen molar-refractivity contribution in [2.24, 2.45) is 0 Å². The number of piperidine rings is 1. The molecule has 1 aromatic heterocycles. The molecule has 0 radical (unpaired) electrons. The minimum atomic E-state index is -1.09. The molecule has 37 heavy (non-hydrogen) atoms. The van der Waals surface area contributed by atoms with Crippen LogP contribution in [-0.2, 0) is 11.2 Å². The average molecular weight is 525 g/mol. The largest absolute Gasteiger partial charge is 0.490 e. The second kappa shape index (κ2) is 12.4. The Kier molecular flexibility index (Phi) is 8.79. The number of rotatable bonds is 10. The fourth-order valence-electron chi connectivity index (χ4n) is 4.16. The van der Waals surface area contributed by atoms with E-state index in [1.54, 1.807) is 18.3 Å². The zero-order valence-electron chi connectivity index (χ0n) is 20.5. The molecule has 194 valence electrons. The second-order valence-electron chi connectivity index (χ2n) is 8.64. The summed E-state index contributed by atoms with van der Waals surface area (Å²) < 4.78 is 11.9. The van der Waals surface area contributed by atoms with Gasteiger partial charge in [-0.1, -0.05) is 29.8 Å². The van der Waals surface area contributed by atoms with E-state index in [9.17, 15) is 9.59 Å². The molecule has 2 N–H and O–H groups in total. The van der Waals surface area contributed by atoms with Gasteiger partial charge in [0.2, 0.25) is 5.91 Å². The van der Waals surface area contributed by atoms with Crippen LogP contribution >= 0.6 is 11.6 Å². The van der Waals surface area contributed by atoms with Gasteiger partial charge in [0, 0.05) is 13.0 Å². The Hall–Kier alpha value is -3.85. The standard InChI is InChI=1S/C27H29ClN4O5/c1-2-36-22-7-3-4-8-23(22)37-19-6-5-13-32(17-19)25-16-29-15-24(30-25)31-26(33)12-10-18-9-11-20(27(34)35)21(28)14-18/h3-4,7-9,11,14-16,19H,2,5-6,10,12-13,17H2,1H3,(H,34,35)(H,30,31,33). The van der Waals surface area contributed by atoms with E-state index in [0.29, 0.717) is 31.2 Å². The Balaban J connectivity index is 1.34. The number of nitrogens with one attached hydrogen (secondary N) is 1. The van der Waals surface area contributed by atoms with Crippen LogP contribution in [0.2, 0.25) is 5.02 Å². The number of aryl methyl sites for hydroxylation is 1. The molecule has 2 heterocycles. The topological polar surface area (TPSA) is 114 Å². The zero-order valence-corrected chi connectivity index (χ0v) is 21.3. The summed E-state index contributed by atoms with van der Waals surface area (Å²) in [5.41, 5.74) is 0.807. The van der Waals surface area contributed by atoms with E-state index in [4.69, 9.17) is 26.2 Å². The summed E-state index contributed by atoms with van der Waals surface area (Å²) in [6.45, 7) is 3.96.